The topological polar surface area (TPSA) is 97.1 Å². The van der Waals surface area contributed by atoms with Crippen molar-refractivity contribution in [2.75, 3.05) is 6.54 Å². The predicted octanol–water partition coefficient (Wildman–Crippen LogP) is 1.33. The maximum Gasteiger partial charge on any atom is 0.335 e. The van der Waals surface area contributed by atoms with Crippen LogP contribution < -0.4 is 16.6 Å². The molecule has 2 aromatic heterocycles. The SMILES string of the molecule is CCNC(=O)c1c(C)oc2[nH]c(=O)n(-c3ccccc3)c(=O)c12. The van der Waals surface area contributed by atoms with Crippen LogP contribution in [0.25, 0.3) is 16.8 Å². The van der Waals surface area contributed by atoms with Crippen LogP contribution >= 0.6 is 0 Å². The Bertz CT molecular complexity index is 996. The number of aryl methyl sites for hydroxylation is 1. The third kappa shape index (κ3) is 2.36. The number of rotatable bonds is 3. The monoisotopic (exact) mass is 313 g/mol. The minimum Gasteiger partial charge on any atom is -0.444 e. The fourth-order valence-electron chi connectivity index (χ4n) is 2.53. The number of nitrogens with one attached hydrogen (secondary N) is 2. The quantitative estimate of drug-likeness (QED) is 0.762. The lowest BCUT2D eigenvalue weighted by molar-refractivity contribution is 0.0955. The molecule has 0 bridgehead atoms. The summed E-state index contributed by atoms with van der Waals surface area (Å²) in [5.74, 6) is -0.128. The molecule has 0 unspecified atom stereocenters. The van der Waals surface area contributed by atoms with Crippen molar-refractivity contribution in [3.63, 3.8) is 0 Å². The smallest absolute Gasteiger partial charge is 0.335 e. The van der Waals surface area contributed by atoms with E-state index in [-0.39, 0.29) is 22.4 Å². The lowest BCUT2D eigenvalue weighted by Crippen LogP contribution is -2.34. The zero-order valence-electron chi connectivity index (χ0n) is 12.7. The Morgan fingerprint density at radius 1 is 1.26 bits per heavy atom. The first-order chi connectivity index (χ1) is 11.0. The van der Waals surface area contributed by atoms with Crippen molar-refractivity contribution in [2.45, 2.75) is 13.8 Å². The van der Waals surface area contributed by atoms with Gasteiger partial charge in [0.2, 0.25) is 5.71 Å². The van der Waals surface area contributed by atoms with E-state index in [1.165, 1.54) is 0 Å². The van der Waals surface area contributed by atoms with E-state index in [1.807, 2.05) is 0 Å². The third-order valence-corrected chi connectivity index (χ3v) is 3.50. The van der Waals surface area contributed by atoms with Gasteiger partial charge in [-0.25, -0.2) is 9.36 Å². The highest BCUT2D eigenvalue weighted by atomic mass is 16.3. The highest BCUT2D eigenvalue weighted by Gasteiger charge is 2.23. The van der Waals surface area contributed by atoms with E-state index in [0.29, 0.717) is 12.2 Å². The molecule has 0 aliphatic carbocycles. The normalized spacial score (nSPS) is 10.9. The van der Waals surface area contributed by atoms with Crippen LogP contribution in [0.3, 0.4) is 0 Å². The fraction of sp³-hybridized carbons (Fsp3) is 0.188. The van der Waals surface area contributed by atoms with Crippen molar-refractivity contribution >= 4 is 17.0 Å². The maximum absolute atomic E-state index is 12.8. The first-order valence-corrected chi connectivity index (χ1v) is 7.16. The van der Waals surface area contributed by atoms with Crippen molar-refractivity contribution in [1.29, 1.82) is 0 Å². The van der Waals surface area contributed by atoms with Gasteiger partial charge in [0.15, 0.2) is 0 Å². The summed E-state index contributed by atoms with van der Waals surface area (Å²) in [4.78, 5) is 39.7. The average molecular weight is 313 g/mol. The van der Waals surface area contributed by atoms with E-state index in [9.17, 15) is 14.4 Å². The van der Waals surface area contributed by atoms with Gasteiger partial charge >= 0.3 is 5.69 Å². The standard InChI is InChI=1S/C16H15N3O4/c1-3-17-13(20)11-9(2)23-14-12(11)15(21)19(16(22)18-14)10-7-5-4-6-8-10/h4-8H,3H2,1-2H3,(H,17,20)(H,18,22). The zero-order chi connectivity index (χ0) is 16.6. The first-order valence-electron chi connectivity index (χ1n) is 7.16. The second kappa shape index (κ2) is 5.60. The van der Waals surface area contributed by atoms with Gasteiger partial charge < -0.3 is 9.73 Å². The summed E-state index contributed by atoms with van der Waals surface area (Å²) in [6.07, 6.45) is 0. The number of amides is 1. The molecule has 0 radical (unpaired) electrons. The summed E-state index contributed by atoms with van der Waals surface area (Å²) >= 11 is 0. The highest BCUT2D eigenvalue weighted by molar-refractivity contribution is 6.06. The highest BCUT2D eigenvalue weighted by Crippen LogP contribution is 2.20. The van der Waals surface area contributed by atoms with Crippen LogP contribution in [0, 0.1) is 6.92 Å². The van der Waals surface area contributed by atoms with Gasteiger partial charge in [-0.2, -0.15) is 0 Å². The van der Waals surface area contributed by atoms with E-state index in [4.69, 9.17) is 4.42 Å². The van der Waals surface area contributed by atoms with Gasteiger partial charge in [-0.15, -0.1) is 0 Å². The molecule has 2 N–H and O–H groups in total. The number of aromatic nitrogens is 2. The average Bonchev–Trinajstić information content (AvgIpc) is 2.85. The number of hydrogen-bond donors (Lipinski definition) is 2. The van der Waals surface area contributed by atoms with Crippen LogP contribution in [0.1, 0.15) is 23.0 Å². The van der Waals surface area contributed by atoms with Gasteiger partial charge in [0.05, 0.1) is 11.3 Å². The van der Waals surface area contributed by atoms with Crippen molar-refractivity contribution < 1.29 is 9.21 Å². The number of nitrogens with zero attached hydrogens (tertiary/aromatic N) is 1. The van der Waals surface area contributed by atoms with E-state index in [2.05, 4.69) is 10.3 Å². The first kappa shape index (κ1) is 14.8. The van der Waals surface area contributed by atoms with Gasteiger partial charge in [0.25, 0.3) is 11.5 Å². The maximum atomic E-state index is 12.8. The molecule has 23 heavy (non-hydrogen) atoms. The Morgan fingerprint density at radius 2 is 1.96 bits per heavy atom. The van der Waals surface area contributed by atoms with Gasteiger partial charge in [0, 0.05) is 6.54 Å². The summed E-state index contributed by atoms with van der Waals surface area (Å²) in [7, 11) is 0. The lowest BCUT2D eigenvalue weighted by Gasteiger charge is -2.05. The number of para-hydroxylation sites is 1. The number of hydrogen-bond acceptors (Lipinski definition) is 4. The summed E-state index contributed by atoms with van der Waals surface area (Å²) < 4.78 is 6.38. The van der Waals surface area contributed by atoms with Crippen LogP contribution in [-0.4, -0.2) is 22.0 Å². The Balaban J connectivity index is 2.38. The second-order valence-electron chi connectivity index (χ2n) is 5.00. The van der Waals surface area contributed by atoms with Crippen molar-refractivity contribution in [3.8, 4) is 5.69 Å². The summed E-state index contributed by atoms with van der Waals surface area (Å²) in [5, 5.41) is 2.71. The summed E-state index contributed by atoms with van der Waals surface area (Å²) in [6, 6.07) is 8.50. The number of H-pyrrole nitrogens is 1. The number of furan rings is 1. The predicted molar refractivity (Wildman–Crippen MR) is 85.2 cm³/mol. The largest absolute Gasteiger partial charge is 0.444 e. The molecular formula is C16H15N3O4. The van der Waals surface area contributed by atoms with E-state index in [0.717, 1.165) is 4.57 Å². The number of carbonyl (C=O) groups excluding carboxylic acids is 1. The molecule has 1 aromatic carbocycles. The zero-order valence-corrected chi connectivity index (χ0v) is 12.7. The molecule has 0 fully saturated rings. The van der Waals surface area contributed by atoms with Crippen LogP contribution in [0.2, 0.25) is 0 Å². The van der Waals surface area contributed by atoms with Gasteiger partial charge in [-0.05, 0) is 26.0 Å². The van der Waals surface area contributed by atoms with Gasteiger partial charge in [-0.1, -0.05) is 18.2 Å². The van der Waals surface area contributed by atoms with Crippen LogP contribution in [-0.2, 0) is 0 Å². The van der Waals surface area contributed by atoms with Gasteiger partial charge in [-0.3, -0.25) is 14.6 Å². The molecule has 1 amide bonds. The number of fused-ring (bicyclic) bond motifs is 1. The Kier molecular flexibility index (Phi) is 3.61. The van der Waals surface area contributed by atoms with Crippen LogP contribution in [0.5, 0.6) is 0 Å². The molecule has 7 heteroatoms. The molecule has 0 aliphatic rings. The Morgan fingerprint density at radius 3 is 2.61 bits per heavy atom. The molecule has 118 valence electrons. The Labute approximate surface area is 130 Å². The van der Waals surface area contributed by atoms with Crippen molar-refractivity contribution in [3.05, 3.63) is 62.5 Å². The molecule has 7 nitrogen and oxygen atoms in total. The molecule has 3 rings (SSSR count). The lowest BCUT2D eigenvalue weighted by atomic mass is 10.1. The number of benzene rings is 1. The molecular weight excluding hydrogens is 298 g/mol. The van der Waals surface area contributed by atoms with Crippen molar-refractivity contribution in [1.82, 2.24) is 14.9 Å². The molecule has 0 saturated heterocycles. The van der Waals surface area contributed by atoms with Crippen molar-refractivity contribution in [2.24, 2.45) is 0 Å². The minimum atomic E-state index is -0.620. The molecule has 0 saturated carbocycles. The molecule has 0 spiro atoms. The summed E-state index contributed by atoms with van der Waals surface area (Å²) in [6.45, 7) is 3.77. The second-order valence-corrected chi connectivity index (χ2v) is 5.00. The van der Waals surface area contributed by atoms with E-state index >= 15 is 0 Å². The van der Waals surface area contributed by atoms with Gasteiger partial charge in [0.1, 0.15) is 11.1 Å². The minimum absolute atomic E-state index is 0.00549. The number of carbonyl (C=O) groups is 1. The number of aromatic amines is 1. The van der Waals surface area contributed by atoms with Crippen LogP contribution in [0.15, 0.2) is 44.3 Å². The van der Waals surface area contributed by atoms with Crippen LogP contribution in [0.4, 0.5) is 0 Å². The van der Waals surface area contributed by atoms with E-state index < -0.39 is 17.2 Å². The molecule has 0 atom stereocenters. The molecule has 3 aromatic rings. The molecule has 0 aliphatic heterocycles. The van der Waals surface area contributed by atoms with E-state index in [1.54, 1.807) is 44.2 Å². The fourth-order valence-corrected chi connectivity index (χ4v) is 2.53. The molecule has 2 heterocycles. The Hall–Kier alpha value is -3.09. The summed E-state index contributed by atoms with van der Waals surface area (Å²) in [5.41, 5.74) is -0.641. The third-order valence-electron chi connectivity index (χ3n) is 3.50.